The summed E-state index contributed by atoms with van der Waals surface area (Å²) >= 11 is 0. The molecule has 0 saturated heterocycles. The lowest BCUT2D eigenvalue weighted by Gasteiger charge is -2.02. The third kappa shape index (κ3) is 6.03. The molecule has 0 bridgehead atoms. The first-order chi connectivity index (χ1) is 5.12. The van der Waals surface area contributed by atoms with Crippen molar-refractivity contribution in [1.29, 1.82) is 0 Å². The van der Waals surface area contributed by atoms with Crippen molar-refractivity contribution in [1.82, 2.24) is 4.72 Å². The van der Waals surface area contributed by atoms with Crippen molar-refractivity contribution in [2.75, 3.05) is 26.0 Å². The molecule has 0 spiro atoms. The summed E-state index contributed by atoms with van der Waals surface area (Å²) in [7, 11) is -1.64. The summed E-state index contributed by atoms with van der Waals surface area (Å²) in [6, 6.07) is 0. The molecule has 5 heteroatoms. The molecule has 11 heavy (non-hydrogen) atoms. The summed E-state index contributed by atoms with van der Waals surface area (Å²) in [6.45, 7) is 4.02. The van der Waals surface area contributed by atoms with Crippen molar-refractivity contribution in [2.45, 2.75) is 0 Å². The molecule has 0 saturated carbocycles. The van der Waals surface area contributed by atoms with Crippen molar-refractivity contribution in [2.24, 2.45) is 0 Å². The van der Waals surface area contributed by atoms with E-state index in [9.17, 15) is 8.42 Å². The second-order valence-corrected chi connectivity index (χ2v) is 3.81. The minimum Gasteiger partial charge on any atom is -0.383 e. The van der Waals surface area contributed by atoms with E-state index in [4.69, 9.17) is 0 Å². The van der Waals surface area contributed by atoms with Gasteiger partial charge >= 0.3 is 0 Å². The van der Waals surface area contributed by atoms with Gasteiger partial charge in [0, 0.05) is 13.7 Å². The van der Waals surface area contributed by atoms with Crippen LogP contribution in [0.5, 0.6) is 0 Å². The van der Waals surface area contributed by atoms with E-state index >= 15 is 0 Å². The fourth-order valence-corrected chi connectivity index (χ4v) is 1.34. The highest BCUT2D eigenvalue weighted by Gasteiger charge is 2.04. The highest BCUT2D eigenvalue weighted by molar-refractivity contribution is 7.89. The Morgan fingerprint density at radius 2 is 2.27 bits per heavy atom. The van der Waals surface area contributed by atoms with Gasteiger partial charge in [-0.1, -0.05) is 6.08 Å². The Morgan fingerprint density at radius 1 is 1.64 bits per heavy atom. The fraction of sp³-hybridized carbons (Fsp3) is 0.667. The summed E-state index contributed by atoms with van der Waals surface area (Å²) in [5.74, 6) is -0.0449. The Morgan fingerprint density at radius 3 is 2.73 bits per heavy atom. The smallest absolute Gasteiger partial charge is 0.215 e. The fourth-order valence-electron chi connectivity index (χ4n) is 0.513. The molecule has 0 aliphatic heterocycles. The van der Waals surface area contributed by atoms with Gasteiger partial charge in [0.1, 0.15) is 0 Å². The molecule has 0 aliphatic carbocycles. The average molecular weight is 179 g/mol. The van der Waals surface area contributed by atoms with Gasteiger partial charge in [0.15, 0.2) is 0 Å². The molecule has 0 atom stereocenters. The van der Waals surface area contributed by atoms with Gasteiger partial charge in [-0.25, -0.2) is 13.1 Å². The zero-order valence-corrected chi connectivity index (χ0v) is 7.36. The normalized spacial score (nSPS) is 11.4. The minimum absolute atomic E-state index is 0.0449. The molecule has 0 unspecified atom stereocenters. The summed E-state index contributed by atoms with van der Waals surface area (Å²) < 4.78 is 28.7. The predicted molar refractivity (Wildman–Crippen MR) is 43.9 cm³/mol. The van der Waals surface area contributed by atoms with E-state index in [1.807, 2.05) is 0 Å². The molecular weight excluding hydrogens is 166 g/mol. The maximum Gasteiger partial charge on any atom is 0.215 e. The van der Waals surface area contributed by atoms with E-state index in [1.165, 1.54) is 13.2 Å². The topological polar surface area (TPSA) is 55.4 Å². The van der Waals surface area contributed by atoms with Crippen LogP contribution >= 0.6 is 0 Å². The second kappa shape index (κ2) is 5.29. The monoisotopic (exact) mass is 179 g/mol. The van der Waals surface area contributed by atoms with Crippen LogP contribution in [0.3, 0.4) is 0 Å². The molecule has 4 nitrogen and oxygen atoms in total. The van der Waals surface area contributed by atoms with E-state index in [2.05, 4.69) is 16.0 Å². The average Bonchev–Trinajstić information content (AvgIpc) is 1.87. The van der Waals surface area contributed by atoms with Crippen molar-refractivity contribution in [3.63, 3.8) is 0 Å². The Labute approximate surface area is 67.3 Å². The summed E-state index contributed by atoms with van der Waals surface area (Å²) in [4.78, 5) is 0. The van der Waals surface area contributed by atoms with Gasteiger partial charge in [-0.05, 0) is 0 Å². The number of nitrogens with one attached hydrogen (secondary N) is 1. The quantitative estimate of drug-likeness (QED) is 0.451. The summed E-state index contributed by atoms with van der Waals surface area (Å²) in [6.07, 6.45) is 1.34. The first kappa shape index (κ1) is 10.6. The number of hydrogen-bond donors (Lipinski definition) is 1. The zero-order valence-electron chi connectivity index (χ0n) is 6.54. The van der Waals surface area contributed by atoms with E-state index in [-0.39, 0.29) is 5.75 Å². The lowest BCUT2D eigenvalue weighted by Crippen LogP contribution is -2.28. The standard InChI is InChI=1S/C6H13NO3S/c1-3-6-11(8,9)7-4-5-10-2/h3,7H,1,4-6H2,2H3. The van der Waals surface area contributed by atoms with Crippen molar-refractivity contribution in [3.05, 3.63) is 12.7 Å². The second-order valence-electron chi connectivity index (χ2n) is 1.96. The highest BCUT2D eigenvalue weighted by Crippen LogP contribution is 1.82. The highest BCUT2D eigenvalue weighted by atomic mass is 32.2. The molecule has 0 heterocycles. The Balaban J connectivity index is 3.65. The molecule has 0 aromatic heterocycles. The number of sulfonamides is 1. The van der Waals surface area contributed by atoms with Crippen LogP contribution < -0.4 is 4.72 Å². The van der Waals surface area contributed by atoms with Crippen LogP contribution in [-0.4, -0.2) is 34.4 Å². The van der Waals surface area contributed by atoms with Crippen LogP contribution in [0.15, 0.2) is 12.7 Å². The molecular formula is C6H13NO3S. The Kier molecular flexibility index (Phi) is 5.10. The largest absolute Gasteiger partial charge is 0.383 e. The first-order valence-corrected chi connectivity index (χ1v) is 4.85. The summed E-state index contributed by atoms with van der Waals surface area (Å²) in [5, 5.41) is 0. The molecule has 1 N–H and O–H groups in total. The molecule has 0 aromatic carbocycles. The Hall–Kier alpha value is -0.390. The number of hydrogen-bond acceptors (Lipinski definition) is 3. The van der Waals surface area contributed by atoms with E-state index < -0.39 is 10.0 Å². The van der Waals surface area contributed by atoms with Crippen LogP contribution in [0.25, 0.3) is 0 Å². The predicted octanol–water partition coefficient (Wildman–Crippen LogP) is -0.262. The first-order valence-electron chi connectivity index (χ1n) is 3.19. The van der Waals surface area contributed by atoms with Crippen molar-refractivity contribution in [3.8, 4) is 0 Å². The lowest BCUT2D eigenvalue weighted by molar-refractivity contribution is 0.204. The van der Waals surface area contributed by atoms with Gasteiger partial charge in [0.05, 0.1) is 12.4 Å². The van der Waals surface area contributed by atoms with Gasteiger partial charge in [-0.15, -0.1) is 6.58 Å². The molecule has 0 aliphatic rings. The van der Waals surface area contributed by atoms with E-state index in [1.54, 1.807) is 0 Å². The van der Waals surface area contributed by atoms with Crippen LogP contribution in [0.2, 0.25) is 0 Å². The molecule has 0 fully saturated rings. The van der Waals surface area contributed by atoms with E-state index in [0.717, 1.165) is 0 Å². The third-order valence-corrected chi connectivity index (χ3v) is 2.28. The third-order valence-electron chi connectivity index (χ3n) is 0.965. The van der Waals surface area contributed by atoms with E-state index in [0.29, 0.717) is 13.2 Å². The Bertz CT molecular complexity index is 198. The van der Waals surface area contributed by atoms with Gasteiger partial charge in [-0.2, -0.15) is 0 Å². The van der Waals surface area contributed by atoms with Crippen molar-refractivity contribution < 1.29 is 13.2 Å². The molecule has 0 amide bonds. The zero-order chi connectivity index (χ0) is 8.74. The number of rotatable bonds is 6. The molecule has 0 rings (SSSR count). The number of methoxy groups -OCH3 is 1. The van der Waals surface area contributed by atoms with Crippen LogP contribution in [0.1, 0.15) is 0 Å². The lowest BCUT2D eigenvalue weighted by atomic mass is 10.7. The molecule has 0 aromatic rings. The van der Waals surface area contributed by atoms with Gasteiger partial charge < -0.3 is 4.74 Å². The van der Waals surface area contributed by atoms with Crippen LogP contribution in [0.4, 0.5) is 0 Å². The molecule has 66 valence electrons. The maximum atomic E-state index is 10.9. The van der Waals surface area contributed by atoms with Crippen molar-refractivity contribution >= 4 is 10.0 Å². The molecule has 0 radical (unpaired) electrons. The van der Waals surface area contributed by atoms with Crippen LogP contribution in [0, 0.1) is 0 Å². The van der Waals surface area contributed by atoms with Gasteiger partial charge in [0.2, 0.25) is 10.0 Å². The van der Waals surface area contributed by atoms with Crippen LogP contribution in [-0.2, 0) is 14.8 Å². The SMILES string of the molecule is C=CCS(=O)(=O)NCCOC. The minimum atomic E-state index is -3.15. The maximum absolute atomic E-state index is 10.9. The van der Waals surface area contributed by atoms with Gasteiger partial charge in [0.25, 0.3) is 0 Å². The summed E-state index contributed by atoms with van der Waals surface area (Å²) in [5.41, 5.74) is 0. The number of ether oxygens (including phenoxy) is 1. The van der Waals surface area contributed by atoms with Gasteiger partial charge in [-0.3, -0.25) is 0 Å².